The van der Waals surface area contributed by atoms with Gasteiger partial charge in [-0.25, -0.2) is 9.97 Å². The zero-order chi connectivity index (χ0) is 27.8. The lowest BCUT2D eigenvalue weighted by molar-refractivity contribution is -0.135. The minimum atomic E-state index is -0.735. The standard InChI is InChI=1S/C29H34N6O5/c1-16-12-31-29(32-19-5-7-40-8-6-19)34-26(16)18-9-22-23(30-13-18)14-35(28(22)38)15-25(37)33-27-21-11-20(39-2)4-3-17(21)10-24(27)36/h3-4,11-13,19,22,24,27,36H,5-10,14-15H2,1-2H3,(H,33,37)(H,31,32,34)/t22?,24-,27+/m1/s1. The lowest BCUT2D eigenvalue weighted by Gasteiger charge is -2.24. The smallest absolute Gasteiger partial charge is 0.240 e. The van der Waals surface area contributed by atoms with Crippen molar-refractivity contribution in [3.63, 3.8) is 0 Å². The average molecular weight is 547 g/mol. The van der Waals surface area contributed by atoms with Crippen LogP contribution in [0.3, 0.4) is 0 Å². The number of hydrogen-bond acceptors (Lipinski definition) is 9. The Labute approximate surface area is 232 Å². The molecule has 1 aromatic heterocycles. The van der Waals surface area contributed by atoms with E-state index in [2.05, 4.69) is 20.6 Å². The summed E-state index contributed by atoms with van der Waals surface area (Å²) < 4.78 is 10.7. The Balaban J connectivity index is 1.10. The predicted octanol–water partition coefficient (Wildman–Crippen LogP) is 1.80. The number of aliphatic imine (C=N–C) groups is 1. The van der Waals surface area contributed by atoms with Crippen LogP contribution in [0.5, 0.6) is 5.75 Å². The molecule has 1 unspecified atom stereocenters. The summed E-state index contributed by atoms with van der Waals surface area (Å²) in [6, 6.07) is 5.31. The van der Waals surface area contributed by atoms with Crippen LogP contribution in [0.15, 0.2) is 35.6 Å². The van der Waals surface area contributed by atoms with E-state index in [4.69, 9.17) is 14.5 Å². The molecule has 0 saturated carbocycles. The molecule has 2 amide bonds. The van der Waals surface area contributed by atoms with Crippen molar-refractivity contribution < 1.29 is 24.2 Å². The molecule has 0 bridgehead atoms. The van der Waals surface area contributed by atoms with Crippen LogP contribution >= 0.6 is 0 Å². The number of nitrogens with one attached hydrogen (secondary N) is 2. The van der Waals surface area contributed by atoms with Gasteiger partial charge in [-0.3, -0.25) is 14.6 Å². The summed E-state index contributed by atoms with van der Waals surface area (Å²) >= 11 is 0. The molecule has 3 aliphatic heterocycles. The summed E-state index contributed by atoms with van der Waals surface area (Å²) in [5.74, 6) is 0.359. The van der Waals surface area contributed by atoms with Crippen molar-refractivity contribution in [2.24, 2.45) is 10.9 Å². The number of aryl methyl sites for hydroxylation is 1. The number of likely N-dealkylation sites (tertiary alicyclic amines) is 1. The second kappa shape index (κ2) is 11.0. The Bertz CT molecular complexity index is 1380. The van der Waals surface area contributed by atoms with Gasteiger partial charge in [0.25, 0.3) is 0 Å². The number of amides is 2. The highest BCUT2D eigenvalue weighted by molar-refractivity contribution is 6.14. The summed E-state index contributed by atoms with van der Waals surface area (Å²) in [6.07, 6.45) is 5.58. The molecule has 2 saturated heterocycles. The second-order valence-electron chi connectivity index (χ2n) is 10.9. The number of fused-ring (bicyclic) bond motifs is 2. The molecule has 1 aromatic carbocycles. The fourth-order valence-corrected chi connectivity index (χ4v) is 5.96. The fraction of sp³-hybridized carbons (Fsp3) is 0.483. The number of methoxy groups -OCH3 is 1. The first-order valence-electron chi connectivity index (χ1n) is 13.8. The minimum absolute atomic E-state index is 0.0993. The zero-order valence-corrected chi connectivity index (χ0v) is 22.7. The SMILES string of the molecule is COc1ccc2c(c1)[C@H](NC(=O)CN1CC3=NC=C(c4nc(NC5CCOCC5)ncc4C)CC3C1=O)[C@H](O)C2. The molecule has 3 atom stereocenters. The van der Waals surface area contributed by atoms with E-state index < -0.39 is 18.1 Å². The summed E-state index contributed by atoms with van der Waals surface area (Å²) in [4.78, 5) is 41.8. The maximum atomic E-state index is 13.4. The first kappa shape index (κ1) is 26.4. The van der Waals surface area contributed by atoms with Gasteiger partial charge in [-0.1, -0.05) is 6.07 Å². The molecule has 6 rings (SSSR count). The largest absolute Gasteiger partial charge is 0.497 e. The van der Waals surface area contributed by atoms with Gasteiger partial charge in [-0.15, -0.1) is 0 Å². The lowest BCUT2D eigenvalue weighted by atomic mass is 9.92. The number of aromatic nitrogens is 2. The maximum absolute atomic E-state index is 13.4. The molecule has 40 heavy (non-hydrogen) atoms. The molecule has 0 radical (unpaired) electrons. The third kappa shape index (κ3) is 5.18. The van der Waals surface area contributed by atoms with Crippen LogP contribution in [0.25, 0.3) is 5.57 Å². The molecular formula is C29H34N6O5. The number of ether oxygens (including phenoxy) is 2. The van der Waals surface area contributed by atoms with E-state index in [1.165, 1.54) is 4.90 Å². The molecule has 11 heteroatoms. The number of carbonyl (C=O) groups excluding carboxylic acids is 2. The highest BCUT2D eigenvalue weighted by Crippen LogP contribution is 2.35. The van der Waals surface area contributed by atoms with Gasteiger partial charge in [0, 0.05) is 38.1 Å². The molecule has 3 N–H and O–H groups in total. The third-order valence-corrected chi connectivity index (χ3v) is 8.16. The Hall–Kier alpha value is -3.83. The van der Waals surface area contributed by atoms with Crippen molar-refractivity contribution in [2.75, 3.05) is 38.7 Å². The first-order valence-corrected chi connectivity index (χ1v) is 13.8. The van der Waals surface area contributed by atoms with Crippen molar-refractivity contribution in [2.45, 2.75) is 50.8 Å². The van der Waals surface area contributed by atoms with Crippen LogP contribution < -0.4 is 15.4 Å². The van der Waals surface area contributed by atoms with E-state index in [1.54, 1.807) is 19.5 Å². The molecule has 0 spiro atoms. The van der Waals surface area contributed by atoms with E-state index in [0.29, 0.717) is 31.1 Å². The normalized spacial score (nSPS) is 24.2. The van der Waals surface area contributed by atoms with Gasteiger partial charge in [0.15, 0.2) is 0 Å². The van der Waals surface area contributed by atoms with Crippen LogP contribution in [-0.2, 0) is 20.7 Å². The van der Waals surface area contributed by atoms with E-state index in [0.717, 1.165) is 59.7 Å². The van der Waals surface area contributed by atoms with Crippen molar-refractivity contribution in [1.29, 1.82) is 0 Å². The lowest BCUT2D eigenvalue weighted by Crippen LogP contribution is -2.42. The topological polar surface area (TPSA) is 138 Å². The maximum Gasteiger partial charge on any atom is 0.240 e. The van der Waals surface area contributed by atoms with Gasteiger partial charge in [-0.2, -0.15) is 0 Å². The Morgan fingerprint density at radius 3 is 2.88 bits per heavy atom. The third-order valence-electron chi connectivity index (χ3n) is 8.16. The highest BCUT2D eigenvalue weighted by Gasteiger charge is 2.41. The van der Waals surface area contributed by atoms with Gasteiger partial charge in [-0.05, 0) is 60.6 Å². The van der Waals surface area contributed by atoms with Crippen molar-refractivity contribution in [3.8, 4) is 5.75 Å². The van der Waals surface area contributed by atoms with Crippen LogP contribution in [0, 0.1) is 12.8 Å². The summed E-state index contributed by atoms with van der Waals surface area (Å²) in [5, 5.41) is 16.9. The van der Waals surface area contributed by atoms with Crippen molar-refractivity contribution in [1.82, 2.24) is 20.2 Å². The molecular weight excluding hydrogens is 512 g/mol. The van der Waals surface area contributed by atoms with Gasteiger partial charge in [0.05, 0.1) is 49.7 Å². The Morgan fingerprint density at radius 2 is 2.08 bits per heavy atom. The minimum Gasteiger partial charge on any atom is -0.497 e. The summed E-state index contributed by atoms with van der Waals surface area (Å²) in [6.45, 7) is 3.60. The quantitative estimate of drug-likeness (QED) is 0.478. The number of aliphatic hydroxyl groups excluding tert-OH is 1. The number of aliphatic hydroxyl groups is 1. The molecule has 2 fully saturated rings. The second-order valence-corrected chi connectivity index (χ2v) is 10.9. The number of rotatable bonds is 7. The van der Waals surface area contributed by atoms with E-state index in [9.17, 15) is 14.7 Å². The predicted molar refractivity (Wildman–Crippen MR) is 148 cm³/mol. The Kier molecular flexibility index (Phi) is 7.24. The first-order chi connectivity index (χ1) is 19.4. The number of allylic oxidation sites excluding steroid dienone is 1. The number of hydrogen-bond donors (Lipinski definition) is 3. The van der Waals surface area contributed by atoms with E-state index >= 15 is 0 Å². The monoisotopic (exact) mass is 546 g/mol. The van der Waals surface area contributed by atoms with Crippen LogP contribution in [0.1, 0.15) is 47.7 Å². The number of benzene rings is 1. The molecule has 210 valence electrons. The van der Waals surface area contributed by atoms with Gasteiger partial charge in [0.2, 0.25) is 17.8 Å². The zero-order valence-electron chi connectivity index (χ0n) is 22.7. The highest BCUT2D eigenvalue weighted by atomic mass is 16.5. The molecule has 1 aliphatic carbocycles. The number of anilines is 1. The molecule has 2 aromatic rings. The van der Waals surface area contributed by atoms with Crippen LogP contribution in [0.2, 0.25) is 0 Å². The van der Waals surface area contributed by atoms with Gasteiger partial charge in [0.1, 0.15) is 5.75 Å². The van der Waals surface area contributed by atoms with Gasteiger partial charge < -0.3 is 30.1 Å². The van der Waals surface area contributed by atoms with Crippen molar-refractivity contribution >= 4 is 29.0 Å². The molecule has 4 aliphatic rings. The summed E-state index contributed by atoms with van der Waals surface area (Å²) in [5.41, 5.74) is 5.14. The molecule has 11 nitrogen and oxygen atoms in total. The fourth-order valence-electron chi connectivity index (χ4n) is 5.96. The summed E-state index contributed by atoms with van der Waals surface area (Å²) in [7, 11) is 1.58. The van der Waals surface area contributed by atoms with E-state index in [-0.39, 0.29) is 24.4 Å². The van der Waals surface area contributed by atoms with Gasteiger partial charge >= 0.3 is 0 Å². The molecule has 4 heterocycles. The van der Waals surface area contributed by atoms with Crippen LogP contribution in [-0.4, -0.2) is 83.1 Å². The van der Waals surface area contributed by atoms with Crippen LogP contribution in [0.4, 0.5) is 5.95 Å². The number of nitrogens with zero attached hydrogens (tertiary/aromatic N) is 4. The van der Waals surface area contributed by atoms with E-state index in [1.807, 2.05) is 25.1 Å². The number of carbonyl (C=O) groups is 2. The average Bonchev–Trinajstić information content (AvgIpc) is 3.44. The van der Waals surface area contributed by atoms with Crippen molar-refractivity contribution in [3.05, 3.63) is 53.0 Å². The Morgan fingerprint density at radius 1 is 1.25 bits per heavy atom.